The van der Waals surface area contributed by atoms with Crippen molar-refractivity contribution in [3.8, 4) is 0 Å². The number of nitrogens with two attached hydrogens (primary N) is 1. The molecule has 4 nitrogen and oxygen atoms in total. The Kier molecular flexibility index (Phi) is 4.84. The van der Waals surface area contributed by atoms with Gasteiger partial charge in [0.15, 0.2) is 0 Å². The van der Waals surface area contributed by atoms with Gasteiger partial charge in [0, 0.05) is 18.1 Å². The van der Waals surface area contributed by atoms with E-state index in [0.29, 0.717) is 24.0 Å². The lowest BCUT2D eigenvalue weighted by Crippen LogP contribution is -2.40. The molecule has 0 spiro atoms. The number of hydrogen-bond donors (Lipinski definition) is 1. The Balaban J connectivity index is 2.40. The largest absolute Gasteiger partial charge is 0.398 e. The van der Waals surface area contributed by atoms with Crippen molar-refractivity contribution in [1.82, 2.24) is 4.31 Å². The van der Waals surface area contributed by atoms with E-state index in [0.717, 1.165) is 19.3 Å². The second kappa shape index (κ2) is 6.10. The van der Waals surface area contributed by atoms with Crippen molar-refractivity contribution >= 4 is 38.9 Å². The van der Waals surface area contributed by atoms with Crippen LogP contribution in [0.2, 0.25) is 10.0 Å². The van der Waals surface area contributed by atoms with Crippen LogP contribution in [0.15, 0.2) is 17.0 Å². The summed E-state index contributed by atoms with van der Waals surface area (Å²) in [5, 5.41) is 0.408. The number of benzene rings is 1. The van der Waals surface area contributed by atoms with Crippen molar-refractivity contribution < 1.29 is 8.42 Å². The van der Waals surface area contributed by atoms with Crippen LogP contribution in [0, 0.1) is 5.92 Å². The maximum atomic E-state index is 12.7. The predicted octanol–water partition coefficient (Wildman–Crippen LogP) is 3.39. The fourth-order valence-electron chi connectivity index (χ4n) is 2.56. The summed E-state index contributed by atoms with van der Waals surface area (Å²) in [7, 11) is -3.67. The molecular formula is C13H18Cl2N2O2S. The molecule has 1 aromatic rings. The summed E-state index contributed by atoms with van der Waals surface area (Å²) < 4.78 is 26.9. The van der Waals surface area contributed by atoms with Gasteiger partial charge in [-0.25, -0.2) is 8.42 Å². The van der Waals surface area contributed by atoms with Gasteiger partial charge in [0.05, 0.1) is 10.7 Å². The van der Waals surface area contributed by atoms with Crippen LogP contribution >= 0.6 is 23.2 Å². The van der Waals surface area contributed by atoms with Crippen LogP contribution in [-0.4, -0.2) is 25.8 Å². The van der Waals surface area contributed by atoms with E-state index in [9.17, 15) is 8.42 Å². The summed E-state index contributed by atoms with van der Waals surface area (Å²) >= 11 is 11.9. The number of hydrogen-bond acceptors (Lipinski definition) is 3. The van der Waals surface area contributed by atoms with E-state index < -0.39 is 10.0 Å². The lowest BCUT2D eigenvalue weighted by Gasteiger charge is -2.31. The summed E-state index contributed by atoms with van der Waals surface area (Å²) in [5.74, 6) is 0.394. The Bertz CT molecular complexity index is 581. The predicted molar refractivity (Wildman–Crippen MR) is 82.6 cm³/mol. The van der Waals surface area contributed by atoms with E-state index in [2.05, 4.69) is 6.92 Å². The summed E-state index contributed by atoms with van der Waals surface area (Å²) in [6, 6.07) is 2.83. The highest BCUT2D eigenvalue weighted by atomic mass is 35.5. The van der Waals surface area contributed by atoms with E-state index in [1.54, 1.807) is 0 Å². The Morgan fingerprint density at radius 3 is 2.70 bits per heavy atom. The molecule has 0 aromatic heterocycles. The van der Waals surface area contributed by atoms with Crippen molar-refractivity contribution in [3.05, 3.63) is 22.2 Å². The zero-order valence-corrected chi connectivity index (χ0v) is 13.6. The zero-order valence-electron chi connectivity index (χ0n) is 11.3. The van der Waals surface area contributed by atoms with E-state index >= 15 is 0 Å². The van der Waals surface area contributed by atoms with Gasteiger partial charge >= 0.3 is 0 Å². The monoisotopic (exact) mass is 336 g/mol. The topological polar surface area (TPSA) is 63.4 Å². The van der Waals surface area contributed by atoms with Gasteiger partial charge < -0.3 is 5.73 Å². The molecule has 1 unspecified atom stereocenters. The first-order chi connectivity index (χ1) is 9.36. The molecule has 1 heterocycles. The second-order valence-electron chi connectivity index (χ2n) is 5.09. The minimum absolute atomic E-state index is 0.0275. The third-order valence-corrected chi connectivity index (χ3v) is 6.31. The van der Waals surface area contributed by atoms with Crippen LogP contribution < -0.4 is 5.73 Å². The highest BCUT2D eigenvalue weighted by molar-refractivity contribution is 7.89. The van der Waals surface area contributed by atoms with Crippen LogP contribution in [0.1, 0.15) is 26.2 Å². The number of halogens is 2. The summed E-state index contributed by atoms with van der Waals surface area (Å²) in [4.78, 5) is -0.0275. The average molecular weight is 337 g/mol. The molecule has 0 bridgehead atoms. The van der Waals surface area contributed by atoms with Crippen molar-refractivity contribution in [2.45, 2.75) is 31.1 Å². The normalized spacial score (nSPS) is 21.1. The first-order valence-corrected chi connectivity index (χ1v) is 8.80. The summed E-state index contributed by atoms with van der Waals surface area (Å²) in [6.07, 6.45) is 2.89. The van der Waals surface area contributed by atoms with E-state index in [4.69, 9.17) is 28.9 Å². The van der Waals surface area contributed by atoms with Gasteiger partial charge in [0.25, 0.3) is 0 Å². The fraction of sp³-hybridized carbons (Fsp3) is 0.538. The quantitative estimate of drug-likeness (QED) is 0.860. The molecule has 1 aliphatic rings. The fourth-order valence-corrected chi connectivity index (χ4v) is 5.06. The molecular weight excluding hydrogens is 319 g/mol. The third kappa shape index (κ3) is 3.06. The Morgan fingerprint density at radius 1 is 1.40 bits per heavy atom. The van der Waals surface area contributed by atoms with Gasteiger partial charge in [-0.15, -0.1) is 0 Å². The van der Waals surface area contributed by atoms with Crippen molar-refractivity contribution in [1.29, 1.82) is 0 Å². The lowest BCUT2D eigenvalue weighted by molar-refractivity contribution is 0.261. The highest BCUT2D eigenvalue weighted by Gasteiger charge is 2.32. The molecule has 20 heavy (non-hydrogen) atoms. The minimum atomic E-state index is -3.67. The molecule has 1 aromatic carbocycles. The molecule has 1 fully saturated rings. The minimum Gasteiger partial charge on any atom is -0.398 e. The molecule has 0 amide bonds. The molecule has 1 atom stereocenters. The Morgan fingerprint density at radius 2 is 2.10 bits per heavy atom. The number of rotatable bonds is 3. The van der Waals surface area contributed by atoms with E-state index in [1.165, 1.54) is 16.4 Å². The molecule has 0 saturated carbocycles. The SMILES string of the molecule is CCC1CCCN(S(=O)(=O)c2c(N)cc(Cl)cc2Cl)C1. The van der Waals surface area contributed by atoms with Gasteiger partial charge in [-0.2, -0.15) is 4.31 Å². The molecule has 7 heteroatoms. The van der Waals surface area contributed by atoms with Gasteiger partial charge in [-0.1, -0.05) is 36.5 Å². The van der Waals surface area contributed by atoms with Gasteiger partial charge in [0.1, 0.15) is 4.90 Å². The van der Waals surface area contributed by atoms with E-state index in [1.807, 2.05) is 0 Å². The number of piperidine rings is 1. The van der Waals surface area contributed by atoms with Crippen LogP contribution in [-0.2, 0) is 10.0 Å². The summed E-state index contributed by atoms with van der Waals surface area (Å²) in [5.41, 5.74) is 5.91. The summed E-state index contributed by atoms with van der Waals surface area (Å²) in [6.45, 7) is 3.11. The molecule has 112 valence electrons. The molecule has 1 saturated heterocycles. The van der Waals surface area contributed by atoms with Crippen molar-refractivity contribution in [3.63, 3.8) is 0 Å². The van der Waals surface area contributed by atoms with Crippen LogP contribution in [0.25, 0.3) is 0 Å². The standard InChI is InChI=1S/C13H18Cl2N2O2S/c1-2-9-4-3-5-17(8-9)20(18,19)13-11(15)6-10(14)7-12(13)16/h6-7,9H,2-5,8,16H2,1H3. The van der Waals surface area contributed by atoms with Gasteiger partial charge in [-0.05, 0) is 30.9 Å². The number of nitrogens with zero attached hydrogens (tertiary/aromatic N) is 1. The molecule has 0 radical (unpaired) electrons. The van der Waals surface area contributed by atoms with Gasteiger partial charge in [-0.3, -0.25) is 0 Å². The highest BCUT2D eigenvalue weighted by Crippen LogP contribution is 2.35. The lowest BCUT2D eigenvalue weighted by atomic mass is 9.97. The van der Waals surface area contributed by atoms with Crippen LogP contribution in [0.5, 0.6) is 0 Å². The zero-order chi connectivity index (χ0) is 14.9. The second-order valence-corrected chi connectivity index (χ2v) is 7.80. The third-order valence-electron chi connectivity index (χ3n) is 3.69. The van der Waals surface area contributed by atoms with E-state index in [-0.39, 0.29) is 15.6 Å². The molecule has 2 rings (SSSR count). The molecule has 1 aliphatic heterocycles. The Labute approximate surface area is 129 Å². The van der Waals surface area contributed by atoms with Crippen LogP contribution in [0.4, 0.5) is 5.69 Å². The van der Waals surface area contributed by atoms with Crippen molar-refractivity contribution in [2.75, 3.05) is 18.8 Å². The van der Waals surface area contributed by atoms with Gasteiger partial charge in [0.2, 0.25) is 10.0 Å². The maximum Gasteiger partial charge on any atom is 0.246 e. The first kappa shape index (κ1) is 15.9. The first-order valence-electron chi connectivity index (χ1n) is 6.61. The smallest absolute Gasteiger partial charge is 0.246 e. The maximum absolute atomic E-state index is 12.7. The molecule has 0 aliphatic carbocycles. The number of nitrogen functional groups attached to an aromatic ring is 1. The van der Waals surface area contributed by atoms with Crippen molar-refractivity contribution in [2.24, 2.45) is 5.92 Å². The van der Waals surface area contributed by atoms with Crippen LogP contribution in [0.3, 0.4) is 0 Å². The number of sulfonamides is 1. The number of anilines is 1. The Hall–Kier alpha value is -0.490. The average Bonchev–Trinajstić information content (AvgIpc) is 2.37. The molecule has 2 N–H and O–H groups in total.